The number of nitrogens with one attached hydrogen (secondary N) is 1. The molecule has 8 nitrogen and oxygen atoms in total. The van der Waals surface area contributed by atoms with Crippen LogP contribution in [0.4, 0.5) is 11.6 Å². The molecule has 0 atom stereocenters. The van der Waals surface area contributed by atoms with Crippen LogP contribution >= 0.6 is 11.6 Å². The summed E-state index contributed by atoms with van der Waals surface area (Å²) in [5.41, 5.74) is 1.08. The molecule has 0 amide bonds. The summed E-state index contributed by atoms with van der Waals surface area (Å²) in [5, 5.41) is 0.721. The molecule has 2 aromatic heterocycles. The Bertz CT molecular complexity index is 1090. The third kappa shape index (κ3) is 2.66. The lowest BCUT2D eigenvalue weighted by atomic mass is 10.2. The molecule has 26 heavy (non-hydrogen) atoms. The van der Waals surface area contributed by atoms with Gasteiger partial charge < -0.3 is 14.8 Å². The smallest absolute Gasteiger partial charge is 0.332 e. The minimum absolute atomic E-state index is 0.349. The van der Waals surface area contributed by atoms with Gasteiger partial charge in [-0.3, -0.25) is 13.9 Å². The number of aromatic amines is 1. The summed E-state index contributed by atoms with van der Waals surface area (Å²) < 4.78 is 2.47. The van der Waals surface area contributed by atoms with E-state index in [1.54, 1.807) is 7.05 Å². The minimum atomic E-state index is -0.383. The van der Waals surface area contributed by atoms with Crippen molar-refractivity contribution in [3.63, 3.8) is 0 Å². The number of rotatable bonds is 2. The van der Waals surface area contributed by atoms with Crippen molar-refractivity contribution in [1.29, 1.82) is 0 Å². The van der Waals surface area contributed by atoms with Crippen LogP contribution < -0.4 is 21.0 Å². The minimum Gasteiger partial charge on any atom is -0.368 e. The molecule has 4 rings (SSSR count). The Hall–Kier alpha value is -2.74. The summed E-state index contributed by atoms with van der Waals surface area (Å²) in [6, 6.07) is 7.81. The van der Waals surface area contributed by atoms with Crippen LogP contribution in [0.3, 0.4) is 0 Å². The average molecular weight is 375 g/mol. The molecule has 136 valence electrons. The third-order valence-electron chi connectivity index (χ3n) is 4.83. The Morgan fingerprint density at radius 2 is 1.73 bits per heavy atom. The summed E-state index contributed by atoms with van der Waals surface area (Å²) in [4.78, 5) is 36.3. The third-order valence-corrected chi connectivity index (χ3v) is 5.07. The summed E-state index contributed by atoms with van der Waals surface area (Å²) in [5.74, 6) is 0.615. The number of piperazine rings is 1. The number of aromatic nitrogens is 4. The van der Waals surface area contributed by atoms with Crippen molar-refractivity contribution < 1.29 is 0 Å². The van der Waals surface area contributed by atoms with Crippen LogP contribution in [0.2, 0.25) is 5.02 Å². The summed E-state index contributed by atoms with van der Waals surface area (Å²) in [7, 11) is 3.08. The number of benzene rings is 1. The van der Waals surface area contributed by atoms with E-state index in [1.165, 1.54) is 11.6 Å². The number of fused-ring (bicyclic) bond motifs is 1. The summed E-state index contributed by atoms with van der Waals surface area (Å²) >= 11 is 6.08. The van der Waals surface area contributed by atoms with Gasteiger partial charge >= 0.3 is 5.69 Å². The Labute approximate surface area is 154 Å². The molecule has 9 heteroatoms. The Kier molecular flexibility index (Phi) is 3.99. The zero-order valence-electron chi connectivity index (χ0n) is 14.6. The maximum absolute atomic E-state index is 12.3. The van der Waals surface area contributed by atoms with Crippen LogP contribution in [0.15, 0.2) is 33.9 Å². The van der Waals surface area contributed by atoms with E-state index in [0.717, 1.165) is 41.5 Å². The van der Waals surface area contributed by atoms with Gasteiger partial charge in [-0.05, 0) is 18.2 Å². The van der Waals surface area contributed by atoms with Crippen LogP contribution in [0.5, 0.6) is 0 Å². The number of nitrogens with zero attached hydrogens (tertiary/aromatic N) is 5. The summed E-state index contributed by atoms with van der Waals surface area (Å²) in [6.07, 6.45) is 0. The first-order chi connectivity index (χ1) is 12.5. The maximum atomic E-state index is 12.3. The number of aryl methyl sites for hydroxylation is 1. The molecule has 0 saturated carbocycles. The van der Waals surface area contributed by atoms with E-state index in [1.807, 2.05) is 24.3 Å². The molecule has 1 aliphatic rings. The van der Waals surface area contributed by atoms with Crippen molar-refractivity contribution in [2.75, 3.05) is 36.0 Å². The molecule has 0 spiro atoms. The lowest BCUT2D eigenvalue weighted by Gasteiger charge is -2.36. The highest BCUT2D eigenvalue weighted by Gasteiger charge is 2.22. The van der Waals surface area contributed by atoms with Crippen LogP contribution in [0.1, 0.15) is 0 Å². The van der Waals surface area contributed by atoms with Crippen molar-refractivity contribution >= 4 is 34.4 Å². The molecule has 1 aliphatic heterocycles. The van der Waals surface area contributed by atoms with E-state index >= 15 is 0 Å². The first-order valence-corrected chi connectivity index (χ1v) is 8.74. The van der Waals surface area contributed by atoms with Gasteiger partial charge in [0.05, 0.1) is 0 Å². The van der Waals surface area contributed by atoms with Gasteiger partial charge in [0.25, 0.3) is 5.56 Å². The van der Waals surface area contributed by atoms with E-state index in [2.05, 4.69) is 19.8 Å². The number of hydrogen-bond donors (Lipinski definition) is 1. The molecule has 0 radical (unpaired) electrons. The molecule has 0 aliphatic carbocycles. The van der Waals surface area contributed by atoms with Crippen molar-refractivity contribution in [1.82, 2.24) is 19.1 Å². The second kappa shape index (κ2) is 6.21. The van der Waals surface area contributed by atoms with Gasteiger partial charge in [0, 0.05) is 51.0 Å². The molecule has 0 bridgehead atoms. The fourth-order valence-electron chi connectivity index (χ4n) is 3.31. The van der Waals surface area contributed by atoms with Gasteiger partial charge in [-0.15, -0.1) is 0 Å². The Morgan fingerprint density at radius 3 is 2.42 bits per heavy atom. The van der Waals surface area contributed by atoms with Crippen LogP contribution in [-0.4, -0.2) is 45.3 Å². The molecule has 1 aromatic carbocycles. The van der Waals surface area contributed by atoms with E-state index in [-0.39, 0.29) is 11.2 Å². The normalized spacial score (nSPS) is 15.0. The highest BCUT2D eigenvalue weighted by molar-refractivity contribution is 6.30. The second-order valence-electron chi connectivity index (χ2n) is 6.42. The first kappa shape index (κ1) is 16.7. The molecule has 1 saturated heterocycles. The van der Waals surface area contributed by atoms with Crippen LogP contribution in [0, 0.1) is 0 Å². The fraction of sp³-hybridized carbons (Fsp3) is 0.353. The highest BCUT2D eigenvalue weighted by atomic mass is 35.5. The van der Waals surface area contributed by atoms with Crippen molar-refractivity contribution in [2.24, 2.45) is 14.1 Å². The second-order valence-corrected chi connectivity index (χ2v) is 6.86. The lowest BCUT2D eigenvalue weighted by molar-refractivity contribution is 0.643. The van der Waals surface area contributed by atoms with Crippen molar-refractivity contribution in [3.8, 4) is 0 Å². The maximum Gasteiger partial charge on any atom is 0.332 e. The largest absolute Gasteiger partial charge is 0.368 e. The predicted octanol–water partition coefficient (Wildman–Crippen LogP) is 0.940. The highest BCUT2D eigenvalue weighted by Crippen LogP contribution is 2.22. The lowest BCUT2D eigenvalue weighted by Crippen LogP contribution is -2.47. The monoisotopic (exact) mass is 374 g/mol. The number of H-pyrrole nitrogens is 1. The molecular weight excluding hydrogens is 356 g/mol. The molecule has 3 heterocycles. The quantitative estimate of drug-likeness (QED) is 0.722. The number of hydrogen-bond acceptors (Lipinski definition) is 5. The molecule has 1 fully saturated rings. The number of anilines is 2. The zero-order valence-corrected chi connectivity index (χ0v) is 15.3. The molecule has 1 N–H and O–H groups in total. The molecular formula is C17H19ClN6O2. The Balaban J connectivity index is 1.60. The zero-order chi connectivity index (χ0) is 18.4. The standard InChI is InChI=1S/C17H19ClN6O2/c1-21-14-13(15(25)22(2)17(21)26)19-16(20-14)24-8-6-23(7-9-24)12-5-3-4-11(18)10-12/h3-5,10H,6-9H2,1-2H3,(H,19,20). The number of halogens is 1. The fourth-order valence-corrected chi connectivity index (χ4v) is 3.50. The van der Waals surface area contributed by atoms with E-state index in [4.69, 9.17) is 11.6 Å². The van der Waals surface area contributed by atoms with Crippen LogP contribution in [-0.2, 0) is 14.1 Å². The van der Waals surface area contributed by atoms with Gasteiger partial charge in [0.1, 0.15) is 0 Å². The van der Waals surface area contributed by atoms with E-state index in [9.17, 15) is 9.59 Å². The molecule has 0 unspecified atom stereocenters. The van der Waals surface area contributed by atoms with Gasteiger partial charge in [0.15, 0.2) is 11.2 Å². The predicted molar refractivity (Wildman–Crippen MR) is 102 cm³/mol. The van der Waals surface area contributed by atoms with Crippen LogP contribution in [0.25, 0.3) is 11.2 Å². The summed E-state index contributed by atoms with van der Waals surface area (Å²) in [6.45, 7) is 3.13. The van der Waals surface area contributed by atoms with Gasteiger partial charge in [-0.2, -0.15) is 4.98 Å². The van der Waals surface area contributed by atoms with Crippen molar-refractivity contribution in [2.45, 2.75) is 0 Å². The SMILES string of the molecule is Cn1c(=O)c2[nH]c(N3CCN(c4cccc(Cl)c4)CC3)nc2n(C)c1=O. The number of imidazole rings is 1. The molecule has 3 aromatic rings. The first-order valence-electron chi connectivity index (χ1n) is 8.37. The van der Waals surface area contributed by atoms with E-state index < -0.39 is 0 Å². The van der Waals surface area contributed by atoms with E-state index in [0.29, 0.717) is 17.1 Å². The van der Waals surface area contributed by atoms with Crippen molar-refractivity contribution in [3.05, 3.63) is 50.1 Å². The average Bonchev–Trinajstić information content (AvgIpc) is 3.10. The Morgan fingerprint density at radius 1 is 1.04 bits per heavy atom. The van der Waals surface area contributed by atoms with Gasteiger partial charge in [-0.1, -0.05) is 17.7 Å². The van der Waals surface area contributed by atoms with Gasteiger partial charge in [-0.25, -0.2) is 4.79 Å². The topological polar surface area (TPSA) is 79.2 Å². The van der Waals surface area contributed by atoms with Gasteiger partial charge in [0.2, 0.25) is 5.95 Å².